The standard InChI is InChI=1S/C25H23N3O6/c1-32-20-10-6-18(7-11-20)24(30)26-16-23(29)28-27-15-17-4-3-5-22(14-17)34-25(31)19-8-12-21(33-2)13-9-19/h3-15H,16H2,1-2H3,(H,26,30)(H,28,29)/b27-15+. The molecule has 9 heteroatoms. The van der Waals surface area contributed by atoms with E-state index in [2.05, 4.69) is 15.8 Å². The summed E-state index contributed by atoms with van der Waals surface area (Å²) in [5, 5.41) is 6.37. The quantitative estimate of drug-likeness (QED) is 0.219. The third-order valence-corrected chi connectivity index (χ3v) is 4.56. The van der Waals surface area contributed by atoms with Crippen molar-refractivity contribution in [2.75, 3.05) is 20.8 Å². The van der Waals surface area contributed by atoms with Crippen LogP contribution < -0.4 is 25.0 Å². The minimum Gasteiger partial charge on any atom is -0.497 e. The first-order chi connectivity index (χ1) is 16.5. The molecule has 0 saturated heterocycles. The fourth-order valence-electron chi connectivity index (χ4n) is 2.77. The van der Waals surface area contributed by atoms with Crippen LogP contribution in [0.4, 0.5) is 0 Å². The molecule has 0 aliphatic rings. The maximum Gasteiger partial charge on any atom is 0.343 e. The molecule has 0 aliphatic heterocycles. The summed E-state index contributed by atoms with van der Waals surface area (Å²) in [6, 6.07) is 19.7. The number of rotatable bonds is 9. The molecule has 0 unspecified atom stereocenters. The number of hydrogen-bond acceptors (Lipinski definition) is 7. The van der Waals surface area contributed by atoms with Gasteiger partial charge in [0.1, 0.15) is 17.2 Å². The summed E-state index contributed by atoms with van der Waals surface area (Å²) >= 11 is 0. The number of nitrogens with one attached hydrogen (secondary N) is 2. The first-order valence-corrected chi connectivity index (χ1v) is 10.2. The SMILES string of the molecule is COc1ccc(C(=O)NCC(=O)N/N=C/c2cccc(OC(=O)c3ccc(OC)cc3)c2)cc1. The van der Waals surface area contributed by atoms with Gasteiger partial charge in [0.25, 0.3) is 11.8 Å². The summed E-state index contributed by atoms with van der Waals surface area (Å²) in [6.45, 7) is -0.248. The molecule has 9 nitrogen and oxygen atoms in total. The number of carbonyl (C=O) groups is 3. The highest BCUT2D eigenvalue weighted by molar-refractivity contribution is 5.96. The molecule has 3 aromatic carbocycles. The van der Waals surface area contributed by atoms with Crippen molar-refractivity contribution in [1.82, 2.24) is 10.7 Å². The lowest BCUT2D eigenvalue weighted by atomic mass is 10.2. The highest BCUT2D eigenvalue weighted by Gasteiger charge is 2.10. The van der Waals surface area contributed by atoms with Crippen molar-refractivity contribution in [3.63, 3.8) is 0 Å². The summed E-state index contributed by atoms with van der Waals surface area (Å²) in [4.78, 5) is 36.3. The fraction of sp³-hybridized carbons (Fsp3) is 0.120. The van der Waals surface area contributed by atoms with Crippen molar-refractivity contribution in [2.24, 2.45) is 5.10 Å². The molecule has 174 valence electrons. The summed E-state index contributed by atoms with van der Waals surface area (Å²) in [7, 11) is 3.08. The lowest BCUT2D eigenvalue weighted by molar-refractivity contribution is -0.120. The molecular weight excluding hydrogens is 438 g/mol. The molecule has 0 aromatic heterocycles. The third-order valence-electron chi connectivity index (χ3n) is 4.56. The molecule has 2 amide bonds. The highest BCUT2D eigenvalue weighted by atomic mass is 16.5. The molecular formula is C25H23N3O6. The molecule has 0 heterocycles. The van der Waals surface area contributed by atoms with Crippen molar-refractivity contribution in [3.8, 4) is 17.2 Å². The Labute approximate surface area is 196 Å². The Morgan fingerprint density at radius 1 is 0.824 bits per heavy atom. The zero-order chi connectivity index (χ0) is 24.3. The summed E-state index contributed by atoms with van der Waals surface area (Å²) in [5.74, 6) is 0.175. The largest absolute Gasteiger partial charge is 0.497 e. The second kappa shape index (κ2) is 11.8. The first-order valence-electron chi connectivity index (χ1n) is 10.2. The van der Waals surface area contributed by atoms with Crippen LogP contribution in [-0.4, -0.2) is 44.8 Å². The van der Waals surface area contributed by atoms with Crippen molar-refractivity contribution in [3.05, 3.63) is 89.5 Å². The molecule has 3 rings (SSSR count). The Hall–Kier alpha value is -4.66. The molecule has 0 spiro atoms. The van der Waals surface area contributed by atoms with Crippen LogP contribution in [0.5, 0.6) is 17.2 Å². The van der Waals surface area contributed by atoms with Crippen LogP contribution in [-0.2, 0) is 4.79 Å². The second-order valence-electron chi connectivity index (χ2n) is 6.89. The molecule has 0 fully saturated rings. The maximum atomic E-state index is 12.3. The van der Waals surface area contributed by atoms with Gasteiger partial charge in [-0.1, -0.05) is 12.1 Å². The number of benzene rings is 3. The lowest BCUT2D eigenvalue weighted by Crippen LogP contribution is -2.34. The van der Waals surface area contributed by atoms with Crippen molar-refractivity contribution in [2.45, 2.75) is 0 Å². The molecule has 0 saturated carbocycles. The topological polar surface area (TPSA) is 115 Å². The number of amides is 2. The lowest BCUT2D eigenvalue weighted by Gasteiger charge is -2.06. The Morgan fingerprint density at radius 2 is 1.44 bits per heavy atom. The Morgan fingerprint density at radius 3 is 2.06 bits per heavy atom. The minimum atomic E-state index is -0.516. The predicted octanol–water partition coefficient (Wildman–Crippen LogP) is 2.80. The van der Waals surface area contributed by atoms with Gasteiger partial charge in [0, 0.05) is 5.56 Å². The highest BCUT2D eigenvalue weighted by Crippen LogP contribution is 2.16. The van der Waals surface area contributed by atoms with Gasteiger partial charge in [0.05, 0.1) is 32.5 Å². The van der Waals surface area contributed by atoms with Crippen molar-refractivity contribution < 1.29 is 28.6 Å². The van der Waals surface area contributed by atoms with Crippen molar-refractivity contribution >= 4 is 24.0 Å². The van der Waals surface area contributed by atoms with Crippen LogP contribution in [0.15, 0.2) is 77.9 Å². The Bertz CT molecular complexity index is 1170. The zero-order valence-corrected chi connectivity index (χ0v) is 18.6. The molecule has 0 radical (unpaired) electrons. The summed E-state index contributed by atoms with van der Waals surface area (Å²) in [5.41, 5.74) is 3.71. The van der Waals surface area contributed by atoms with Crippen LogP contribution in [0.1, 0.15) is 26.3 Å². The van der Waals surface area contributed by atoms with E-state index in [-0.39, 0.29) is 6.54 Å². The van der Waals surface area contributed by atoms with Crippen LogP contribution in [0, 0.1) is 0 Å². The van der Waals surface area contributed by atoms with Gasteiger partial charge in [0.15, 0.2) is 0 Å². The Balaban J connectivity index is 1.48. The zero-order valence-electron chi connectivity index (χ0n) is 18.6. The predicted molar refractivity (Wildman–Crippen MR) is 125 cm³/mol. The second-order valence-corrected chi connectivity index (χ2v) is 6.89. The normalized spacial score (nSPS) is 10.4. The number of methoxy groups -OCH3 is 2. The smallest absolute Gasteiger partial charge is 0.343 e. The van der Waals surface area contributed by atoms with E-state index in [9.17, 15) is 14.4 Å². The van der Waals surface area contributed by atoms with E-state index in [1.165, 1.54) is 13.3 Å². The minimum absolute atomic E-state index is 0.248. The monoisotopic (exact) mass is 461 g/mol. The van der Waals surface area contributed by atoms with Crippen LogP contribution in [0.3, 0.4) is 0 Å². The fourth-order valence-corrected chi connectivity index (χ4v) is 2.77. The maximum absolute atomic E-state index is 12.3. The van der Waals surface area contributed by atoms with Crippen LogP contribution >= 0.6 is 0 Å². The number of nitrogens with zero attached hydrogens (tertiary/aromatic N) is 1. The summed E-state index contributed by atoms with van der Waals surface area (Å²) in [6.07, 6.45) is 1.40. The van der Waals surface area contributed by atoms with E-state index in [1.54, 1.807) is 79.9 Å². The van der Waals surface area contributed by atoms with E-state index in [0.29, 0.717) is 33.9 Å². The van der Waals surface area contributed by atoms with Crippen LogP contribution in [0.25, 0.3) is 0 Å². The van der Waals surface area contributed by atoms with E-state index in [4.69, 9.17) is 14.2 Å². The first kappa shape index (κ1) is 24.0. The van der Waals surface area contributed by atoms with Crippen molar-refractivity contribution in [1.29, 1.82) is 0 Å². The van der Waals surface area contributed by atoms with Gasteiger partial charge < -0.3 is 19.5 Å². The summed E-state index contributed by atoms with van der Waals surface area (Å²) < 4.78 is 15.5. The van der Waals surface area contributed by atoms with E-state index >= 15 is 0 Å². The van der Waals surface area contributed by atoms with E-state index in [1.807, 2.05) is 0 Å². The van der Waals surface area contributed by atoms with Gasteiger partial charge in [-0.15, -0.1) is 0 Å². The van der Waals surface area contributed by atoms with Gasteiger partial charge in [-0.3, -0.25) is 9.59 Å². The number of hydrazone groups is 1. The molecule has 0 atom stereocenters. The molecule has 3 aromatic rings. The van der Waals surface area contributed by atoms with E-state index in [0.717, 1.165) is 0 Å². The van der Waals surface area contributed by atoms with Gasteiger partial charge in [0.2, 0.25) is 0 Å². The third kappa shape index (κ3) is 6.92. The van der Waals surface area contributed by atoms with E-state index < -0.39 is 17.8 Å². The molecule has 0 aliphatic carbocycles. The number of ether oxygens (including phenoxy) is 3. The number of hydrogen-bond donors (Lipinski definition) is 2. The molecule has 34 heavy (non-hydrogen) atoms. The molecule has 2 N–H and O–H groups in total. The number of esters is 1. The average molecular weight is 461 g/mol. The Kier molecular flexibility index (Phi) is 8.34. The van der Waals surface area contributed by atoms with Gasteiger partial charge in [-0.25, -0.2) is 10.2 Å². The van der Waals surface area contributed by atoms with Crippen LogP contribution in [0.2, 0.25) is 0 Å². The van der Waals surface area contributed by atoms with Gasteiger partial charge in [-0.05, 0) is 66.2 Å². The van der Waals surface area contributed by atoms with Gasteiger partial charge in [-0.2, -0.15) is 5.10 Å². The van der Waals surface area contributed by atoms with Gasteiger partial charge >= 0.3 is 5.97 Å². The number of carbonyl (C=O) groups excluding carboxylic acids is 3. The average Bonchev–Trinajstić information content (AvgIpc) is 2.87. The molecule has 0 bridgehead atoms.